The Labute approximate surface area is 145 Å². The van der Waals surface area contributed by atoms with E-state index in [1.54, 1.807) is 0 Å². The minimum absolute atomic E-state index is 0. The van der Waals surface area contributed by atoms with Crippen LogP contribution >= 0.6 is 24.0 Å². The minimum atomic E-state index is 0. The number of benzene rings is 1. The van der Waals surface area contributed by atoms with E-state index in [9.17, 15) is 0 Å². The smallest absolute Gasteiger partial charge is 0.188 e. The number of halogens is 1. The molecule has 0 saturated heterocycles. The van der Waals surface area contributed by atoms with Gasteiger partial charge in [-0.1, -0.05) is 26.0 Å². The molecule has 3 N–H and O–H groups in total. The maximum atomic E-state index is 5.81. The van der Waals surface area contributed by atoms with Crippen molar-refractivity contribution >= 4 is 29.9 Å². The zero-order valence-corrected chi connectivity index (χ0v) is 15.8. The molecule has 120 valence electrons. The molecule has 0 aromatic heterocycles. The fourth-order valence-corrected chi connectivity index (χ4v) is 1.73. The van der Waals surface area contributed by atoms with Gasteiger partial charge in [-0.05, 0) is 43.9 Å². The number of hydrogen-bond acceptors (Lipinski definition) is 2. The largest absolute Gasteiger partial charge is 0.489 e. The highest BCUT2D eigenvalue weighted by atomic mass is 127. The lowest BCUT2D eigenvalue weighted by Crippen LogP contribution is -2.34. The van der Waals surface area contributed by atoms with Crippen molar-refractivity contribution in [2.75, 3.05) is 13.1 Å². The second kappa shape index (κ2) is 10.7. The van der Waals surface area contributed by atoms with E-state index in [1.807, 2.05) is 38.1 Å². The molecule has 0 amide bonds. The maximum Gasteiger partial charge on any atom is 0.188 e. The van der Waals surface area contributed by atoms with Crippen LogP contribution in [0.15, 0.2) is 29.3 Å². The van der Waals surface area contributed by atoms with E-state index >= 15 is 0 Å². The number of nitrogens with zero attached hydrogens (tertiary/aromatic N) is 1. The number of hydrogen-bond donors (Lipinski definition) is 2. The molecule has 1 unspecified atom stereocenters. The second-order valence-corrected chi connectivity index (χ2v) is 5.58. The summed E-state index contributed by atoms with van der Waals surface area (Å²) in [7, 11) is 0. The van der Waals surface area contributed by atoms with Crippen LogP contribution in [0.5, 0.6) is 5.75 Å². The predicted molar refractivity (Wildman–Crippen MR) is 101 cm³/mol. The molecule has 0 aliphatic carbocycles. The van der Waals surface area contributed by atoms with Crippen molar-refractivity contribution in [3.05, 3.63) is 29.8 Å². The average Bonchev–Trinajstić information content (AvgIpc) is 2.36. The Morgan fingerprint density at radius 1 is 1.33 bits per heavy atom. The molecule has 1 atom stereocenters. The summed E-state index contributed by atoms with van der Waals surface area (Å²) >= 11 is 0. The number of aryl methyl sites for hydroxylation is 1. The number of guanidine groups is 1. The van der Waals surface area contributed by atoms with Crippen molar-refractivity contribution in [2.45, 2.75) is 40.2 Å². The number of ether oxygens (including phenoxy) is 1. The molecule has 0 bridgehead atoms. The van der Waals surface area contributed by atoms with Gasteiger partial charge in [0.25, 0.3) is 0 Å². The van der Waals surface area contributed by atoms with Gasteiger partial charge in [-0.25, -0.2) is 4.99 Å². The Bertz CT molecular complexity index is 435. The fourth-order valence-electron chi connectivity index (χ4n) is 1.73. The van der Waals surface area contributed by atoms with E-state index in [0.29, 0.717) is 18.4 Å². The number of aliphatic imine (C=N–C) groups is 1. The molecule has 1 aromatic rings. The Morgan fingerprint density at radius 3 is 2.67 bits per heavy atom. The van der Waals surface area contributed by atoms with Gasteiger partial charge >= 0.3 is 0 Å². The standard InChI is InChI=1S/C16H27N3O.HI/c1-12(2)8-9-18-16(17)19-11-14(4)20-15-7-5-6-13(3)10-15;/h5-7,10,12,14H,8-9,11H2,1-4H3,(H3,17,18,19);1H. The third-order valence-electron chi connectivity index (χ3n) is 2.87. The maximum absolute atomic E-state index is 5.81. The summed E-state index contributed by atoms with van der Waals surface area (Å²) in [4.78, 5) is 4.30. The predicted octanol–water partition coefficient (Wildman–Crippen LogP) is 3.33. The highest BCUT2D eigenvalue weighted by Crippen LogP contribution is 2.14. The van der Waals surface area contributed by atoms with Crippen LogP contribution < -0.4 is 15.8 Å². The van der Waals surface area contributed by atoms with Gasteiger partial charge in [0.05, 0.1) is 6.54 Å². The van der Waals surface area contributed by atoms with Gasteiger partial charge in [0, 0.05) is 6.54 Å². The summed E-state index contributed by atoms with van der Waals surface area (Å²) in [5.41, 5.74) is 7.00. The quantitative estimate of drug-likeness (QED) is 0.416. The van der Waals surface area contributed by atoms with Crippen molar-refractivity contribution in [3.63, 3.8) is 0 Å². The zero-order valence-electron chi connectivity index (χ0n) is 13.4. The lowest BCUT2D eigenvalue weighted by atomic mass is 10.1. The molecule has 0 spiro atoms. The van der Waals surface area contributed by atoms with Crippen LogP contribution in [0.25, 0.3) is 0 Å². The van der Waals surface area contributed by atoms with Crippen LogP contribution in [0.4, 0.5) is 0 Å². The summed E-state index contributed by atoms with van der Waals surface area (Å²) in [6, 6.07) is 8.01. The van der Waals surface area contributed by atoms with E-state index in [4.69, 9.17) is 10.5 Å². The first-order valence-electron chi connectivity index (χ1n) is 7.24. The molecule has 0 radical (unpaired) electrons. The molecule has 0 fully saturated rings. The van der Waals surface area contributed by atoms with E-state index in [-0.39, 0.29) is 30.1 Å². The van der Waals surface area contributed by atoms with Gasteiger partial charge in [-0.15, -0.1) is 24.0 Å². The van der Waals surface area contributed by atoms with Gasteiger partial charge in [-0.2, -0.15) is 0 Å². The Hall–Kier alpha value is -0.980. The molecule has 5 heteroatoms. The molecule has 1 rings (SSSR count). The van der Waals surface area contributed by atoms with Crippen LogP contribution in [0.2, 0.25) is 0 Å². The molecule has 0 aliphatic rings. The Kier molecular flexibility index (Phi) is 10.2. The minimum Gasteiger partial charge on any atom is -0.489 e. The number of nitrogens with one attached hydrogen (secondary N) is 1. The molecule has 4 nitrogen and oxygen atoms in total. The first-order chi connectivity index (χ1) is 9.47. The molecule has 0 aliphatic heterocycles. The van der Waals surface area contributed by atoms with Crippen LogP contribution in [-0.2, 0) is 0 Å². The third-order valence-corrected chi connectivity index (χ3v) is 2.87. The van der Waals surface area contributed by atoms with Gasteiger partial charge in [0.1, 0.15) is 11.9 Å². The van der Waals surface area contributed by atoms with Crippen molar-refractivity contribution in [3.8, 4) is 5.75 Å². The normalized spacial score (nSPS) is 12.7. The second-order valence-electron chi connectivity index (χ2n) is 5.58. The van der Waals surface area contributed by atoms with Gasteiger partial charge in [-0.3, -0.25) is 0 Å². The van der Waals surface area contributed by atoms with Crippen LogP contribution in [0, 0.1) is 12.8 Å². The monoisotopic (exact) mass is 405 g/mol. The number of rotatable bonds is 7. The average molecular weight is 405 g/mol. The molecule has 0 heterocycles. The van der Waals surface area contributed by atoms with Crippen molar-refractivity contribution < 1.29 is 4.74 Å². The van der Waals surface area contributed by atoms with E-state index in [0.717, 1.165) is 18.7 Å². The van der Waals surface area contributed by atoms with Gasteiger partial charge in [0.2, 0.25) is 0 Å². The van der Waals surface area contributed by atoms with Crippen LogP contribution in [0.1, 0.15) is 32.8 Å². The molecule has 0 saturated carbocycles. The fraction of sp³-hybridized carbons (Fsp3) is 0.562. The first kappa shape index (κ1) is 20.0. The van der Waals surface area contributed by atoms with E-state index < -0.39 is 0 Å². The summed E-state index contributed by atoms with van der Waals surface area (Å²) < 4.78 is 5.80. The molecular formula is C16H28IN3O. The zero-order chi connectivity index (χ0) is 15.0. The Morgan fingerprint density at radius 2 is 2.05 bits per heavy atom. The lowest BCUT2D eigenvalue weighted by molar-refractivity contribution is 0.230. The number of nitrogens with two attached hydrogens (primary N) is 1. The topological polar surface area (TPSA) is 59.6 Å². The summed E-state index contributed by atoms with van der Waals surface area (Å²) in [6.45, 7) is 9.83. The van der Waals surface area contributed by atoms with E-state index in [1.165, 1.54) is 5.56 Å². The molecule has 21 heavy (non-hydrogen) atoms. The first-order valence-corrected chi connectivity index (χ1v) is 7.24. The Balaban J connectivity index is 0.00000400. The van der Waals surface area contributed by atoms with Crippen molar-refractivity contribution in [2.24, 2.45) is 16.6 Å². The highest BCUT2D eigenvalue weighted by molar-refractivity contribution is 14.0. The van der Waals surface area contributed by atoms with E-state index in [2.05, 4.69) is 24.2 Å². The highest BCUT2D eigenvalue weighted by Gasteiger charge is 2.04. The van der Waals surface area contributed by atoms with Crippen molar-refractivity contribution in [1.82, 2.24) is 5.32 Å². The molecular weight excluding hydrogens is 377 g/mol. The summed E-state index contributed by atoms with van der Waals surface area (Å²) in [5, 5.41) is 3.11. The van der Waals surface area contributed by atoms with Gasteiger partial charge in [0.15, 0.2) is 5.96 Å². The summed E-state index contributed by atoms with van der Waals surface area (Å²) in [5.74, 6) is 2.03. The van der Waals surface area contributed by atoms with Crippen LogP contribution in [-0.4, -0.2) is 25.2 Å². The molecule has 1 aromatic carbocycles. The lowest BCUT2D eigenvalue weighted by Gasteiger charge is -2.14. The van der Waals surface area contributed by atoms with Gasteiger partial charge < -0.3 is 15.8 Å². The van der Waals surface area contributed by atoms with Crippen molar-refractivity contribution in [1.29, 1.82) is 0 Å². The summed E-state index contributed by atoms with van der Waals surface area (Å²) in [6.07, 6.45) is 1.09. The SMILES string of the molecule is Cc1cccc(OC(C)CN=C(N)NCCC(C)C)c1.I. The third kappa shape index (κ3) is 9.55. The van der Waals surface area contributed by atoms with Crippen LogP contribution in [0.3, 0.4) is 0 Å².